The van der Waals surface area contributed by atoms with Crippen LogP contribution in [0.5, 0.6) is 11.5 Å². The number of nitrogens with one attached hydrogen (secondary N) is 2. The summed E-state index contributed by atoms with van der Waals surface area (Å²) in [5.41, 5.74) is 1.37. The third-order valence-electron chi connectivity index (χ3n) is 4.73. The fourth-order valence-electron chi connectivity index (χ4n) is 2.96. The molecule has 2 amide bonds. The SMILES string of the molecule is CC(=O)c1cccc(NC(=O)COC(=O)CCC(=O)Nc2ccc(Oc3ccc(Cl)cc3Cl)cc2)c1. The molecule has 0 fully saturated rings. The quantitative estimate of drug-likeness (QED) is 0.250. The summed E-state index contributed by atoms with van der Waals surface area (Å²) in [6.45, 7) is 0.908. The summed E-state index contributed by atoms with van der Waals surface area (Å²) in [7, 11) is 0. The molecule has 8 nitrogen and oxygen atoms in total. The monoisotopic (exact) mass is 528 g/mol. The third-order valence-corrected chi connectivity index (χ3v) is 5.26. The number of Topliss-reactive ketones (excluding diaryl/α,β-unsaturated/α-hetero) is 1. The van der Waals surface area contributed by atoms with Gasteiger partial charge in [0.05, 0.1) is 11.4 Å². The van der Waals surface area contributed by atoms with Crippen LogP contribution in [0.4, 0.5) is 11.4 Å². The minimum absolute atomic E-state index is 0.125. The van der Waals surface area contributed by atoms with Gasteiger partial charge in [0.2, 0.25) is 5.91 Å². The van der Waals surface area contributed by atoms with Crippen LogP contribution in [0.25, 0.3) is 0 Å². The molecule has 0 unspecified atom stereocenters. The van der Waals surface area contributed by atoms with E-state index in [0.29, 0.717) is 38.5 Å². The number of ketones is 1. The largest absolute Gasteiger partial charge is 0.456 e. The Kier molecular flexibility index (Phi) is 9.44. The molecule has 0 aliphatic carbocycles. The molecule has 0 aliphatic heterocycles. The van der Waals surface area contributed by atoms with Crippen LogP contribution < -0.4 is 15.4 Å². The second-order valence-electron chi connectivity index (χ2n) is 7.60. The third kappa shape index (κ3) is 8.41. The Hall–Kier alpha value is -3.88. The maximum Gasteiger partial charge on any atom is 0.306 e. The van der Waals surface area contributed by atoms with Crippen molar-refractivity contribution in [2.45, 2.75) is 19.8 Å². The van der Waals surface area contributed by atoms with E-state index < -0.39 is 24.4 Å². The summed E-state index contributed by atoms with van der Waals surface area (Å²) in [6, 6.07) is 17.9. The summed E-state index contributed by atoms with van der Waals surface area (Å²) < 4.78 is 10.6. The van der Waals surface area contributed by atoms with Gasteiger partial charge in [-0.25, -0.2) is 0 Å². The number of benzene rings is 3. The second-order valence-corrected chi connectivity index (χ2v) is 8.44. The molecule has 0 aliphatic rings. The highest BCUT2D eigenvalue weighted by atomic mass is 35.5. The van der Waals surface area contributed by atoms with Crippen molar-refractivity contribution in [3.63, 3.8) is 0 Å². The first-order chi connectivity index (χ1) is 17.2. The molecular weight excluding hydrogens is 507 g/mol. The molecule has 3 rings (SSSR count). The molecule has 0 saturated heterocycles. The lowest BCUT2D eigenvalue weighted by Gasteiger charge is -2.10. The van der Waals surface area contributed by atoms with Crippen LogP contribution in [0.3, 0.4) is 0 Å². The lowest BCUT2D eigenvalue weighted by atomic mass is 10.1. The molecular formula is C26H22Cl2N2O6. The lowest BCUT2D eigenvalue weighted by Crippen LogP contribution is -2.22. The number of halogens is 2. The van der Waals surface area contributed by atoms with Crippen molar-refractivity contribution >= 4 is 58.1 Å². The number of rotatable bonds is 10. The van der Waals surface area contributed by atoms with Crippen LogP contribution in [0.2, 0.25) is 10.0 Å². The van der Waals surface area contributed by atoms with E-state index >= 15 is 0 Å². The Labute approximate surface area is 217 Å². The molecule has 36 heavy (non-hydrogen) atoms. The molecule has 186 valence electrons. The minimum atomic E-state index is -0.693. The lowest BCUT2D eigenvalue weighted by molar-refractivity contribution is -0.147. The van der Waals surface area contributed by atoms with Crippen molar-refractivity contribution in [3.8, 4) is 11.5 Å². The van der Waals surface area contributed by atoms with Crippen LogP contribution in [-0.4, -0.2) is 30.2 Å². The van der Waals surface area contributed by atoms with Crippen LogP contribution >= 0.6 is 23.2 Å². The van der Waals surface area contributed by atoms with Crippen molar-refractivity contribution in [3.05, 3.63) is 82.3 Å². The highest BCUT2D eigenvalue weighted by Crippen LogP contribution is 2.32. The molecule has 0 spiro atoms. The Morgan fingerprint density at radius 2 is 1.53 bits per heavy atom. The number of hydrogen-bond acceptors (Lipinski definition) is 6. The van der Waals surface area contributed by atoms with Crippen LogP contribution in [-0.2, 0) is 19.1 Å². The van der Waals surface area contributed by atoms with Crippen molar-refractivity contribution in [2.75, 3.05) is 17.2 Å². The molecule has 0 bridgehead atoms. The van der Waals surface area contributed by atoms with E-state index in [2.05, 4.69) is 10.6 Å². The Morgan fingerprint density at radius 3 is 2.22 bits per heavy atom. The standard InChI is InChI=1S/C26H22Cl2N2O6/c1-16(31)17-3-2-4-20(13-17)30-25(33)15-35-26(34)12-11-24(32)29-19-6-8-21(9-7-19)36-23-10-5-18(27)14-22(23)28/h2-10,13-14H,11-12,15H2,1H3,(H,29,32)(H,30,33). The van der Waals surface area contributed by atoms with Gasteiger partial charge in [0, 0.05) is 28.4 Å². The first kappa shape index (κ1) is 26.7. The summed E-state index contributed by atoms with van der Waals surface area (Å²) in [5, 5.41) is 6.07. The van der Waals surface area contributed by atoms with Crippen molar-refractivity contribution in [2.24, 2.45) is 0 Å². The van der Waals surface area contributed by atoms with Gasteiger partial charge in [-0.15, -0.1) is 0 Å². The van der Waals surface area contributed by atoms with E-state index in [0.717, 1.165) is 0 Å². The molecule has 3 aromatic rings. The number of hydrogen-bond donors (Lipinski definition) is 2. The molecule has 0 heterocycles. The average molecular weight is 529 g/mol. The molecule has 0 saturated carbocycles. The number of ether oxygens (including phenoxy) is 2. The van der Waals surface area contributed by atoms with Gasteiger partial charge in [-0.1, -0.05) is 35.3 Å². The van der Waals surface area contributed by atoms with E-state index in [-0.39, 0.29) is 18.6 Å². The average Bonchev–Trinajstić information content (AvgIpc) is 2.84. The molecule has 2 N–H and O–H groups in total. The Morgan fingerprint density at radius 1 is 0.806 bits per heavy atom. The number of carbonyl (C=O) groups is 4. The van der Waals surface area contributed by atoms with E-state index in [9.17, 15) is 19.2 Å². The zero-order valence-corrected chi connectivity index (χ0v) is 20.7. The zero-order chi connectivity index (χ0) is 26.1. The highest BCUT2D eigenvalue weighted by Gasteiger charge is 2.12. The van der Waals surface area contributed by atoms with Gasteiger partial charge in [0.25, 0.3) is 5.91 Å². The van der Waals surface area contributed by atoms with Crippen LogP contribution in [0, 0.1) is 0 Å². The molecule has 0 aromatic heterocycles. The van der Waals surface area contributed by atoms with E-state index in [1.807, 2.05) is 0 Å². The summed E-state index contributed by atoms with van der Waals surface area (Å²) >= 11 is 12.0. The second kappa shape index (κ2) is 12.7. The molecule has 0 radical (unpaired) electrons. The maximum absolute atomic E-state index is 12.1. The number of esters is 1. The first-order valence-electron chi connectivity index (χ1n) is 10.8. The minimum Gasteiger partial charge on any atom is -0.456 e. The van der Waals surface area contributed by atoms with Crippen molar-refractivity contribution in [1.29, 1.82) is 0 Å². The van der Waals surface area contributed by atoms with Crippen LogP contribution in [0.15, 0.2) is 66.7 Å². The fraction of sp³-hybridized carbons (Fsp3) is 0.154. The molecule has 0 atom stereocenters. The van der Waals surface area contributed by atoms with Crippen molar-refractivity contribution < 1.29 is 28.7 Å². The smallest absolute Gasteiger partial charge is 0.306 e. The van der Waals surface area contributed by atoms with Crippen LogP contribution in [0.1, 0.15) is 30.1 Å². The highest BCUT2D eigenvalue weighted by molar-refractivity contribution is 6.35. The summed E-state index contributed by atoms with van der Waals surface area (Å²) in [6.07, 6.45) is -0.324. The van der Waals surface area contributed by atoms with Gasteiger partial charge < -0.3 is 20.1 Å². The van der Waals surface area contributed by atoms with Gasteiger partial charge in [0.15, 0.2) is 12.4 Å². The predicted molar refractivity (Wildman–Crippen MR) is 137 cm³/mol. The number of carbonyl (C=O) groups excluding carboxylic acids is 4. The zero-order valence-electron chi connectivity index (χ0n) is 19.2. The first-order valence-corrected chi connectivity index (χ1v) is 11.5. The summed E-state index contributed by atoms with van der Waals surface area (Å²) in [4.78, 5) is 47.4. The van der Waals surface area contributed by atoms with E-state index in [1.54, 1.807) is 60.7 Å². The van der Waals surface area contributed by atoms with E-state index in [1.165, 1.54) is 13.0 Å². The molecule has 3 aromatic carbocycles. The Balaban J connectivity index is 1.39. The molecule has 10 heteroatoms. The number of anilines is 2. The van der Waals surface area contributed by atoms with Gasteiger partial charge in [-0.2, -0.15) is 0 Å². The summed E-state index contributed by atoms with van der Waals surface area (Å²) in [5.74, 6) is -0.839. The van der Waals surface area contributed by atoms with Gasteiger partial charge >= 0.3 is 5.97 Å². The predicted octanol–water partition coefficient (Wildman–Crippen LogP) is 5.89. The van der Waals surface area contributed by atoms with E-state index in [4.69, 9.17) is 32.7 Å². The Bertz CT molecular complexity index is 1280. The number of amides is 2. The van der Waals surface area contributed by atoms with Gasteiger partial charge in [-0.3, -0.25) is 19.2 Å². The topological polar surface area (TPSA) is 111 Å². The van der Waals surface area contributed by atoms with Gasteiger partial charge in [0.1, 0.15) is 11.5 Å². The fourth-order valence-corrected chi connectivity index (χ4v) is 3.41. The maximum atomic E-state index is 12.1. The normalized spacial score (nSPS) is 10.3. The van der Waals surface area contributed by atoms with Gasteiger partial charge in [-0.05, 0) is 61.5 Å². The van der Waals surface area contributed by atoms with Crippen molar-refractivity contribution in [1.82, 2.24) is 0 Å².